The van der Waals surface area contributed by atoms with Crippen LogP contribution in [0.25, 0.3) is 0 Å². The molecule has 0 spiro atoms. The Morgan fingerprint density at radius 1 is 1.00 bits per heavy atom. The first-order chi connectivity index (χ1) is 5.57. The van der Waals surface area contributed by atoms with Crippen molar-refractivity contribution in [3.05, 3.63) is 60.7 Å². The first-order valence-electron chi connectivity index (χ1n) is 3.71. The summed E-state index contributed by atoms with van der Waals surface area (Å²) in [5, 5.41) is 0. The van der Waals surface area contributed by atoms with Gasteiger partial charge in [-0.15, -0.1) is 12.1 Å². The Bertz CT molecular complexity index is 254. The van der Waals surface area contributed by atoms with E-state index in [0.29, 0.717) is 5.47 Å². The lowest BCUT2D eigenvalue weighted by atomic mass is 9.96. The standard InChI is InChI=1S/C11H13B/c1-5-6-9(2)10(3)7-8-11(4)12/h5-8H,2-4H2,1H3/b6-5-,8-7-. The monoisotopic (exact) mass is 156 g/mol. The maximum Gasteiger partial charge on any atom is 0.112 e. The van der Waals surface area contributed by atoms with Crippen LogP contribution < -0.4 is 0 Å². The Balaban J connectivity index is 4.23. The summed E-state index contributed by atoms with van der Waals surface area (Å²) in [6, 6.07) is 0. The van der Waals surface area contributed by atoms with E-state index < -0.39 is 0 Å². The number of hydrogen-bond acceptors (Lipinski definition) is 0. The molecule has 12 heavy (non-hydrogen) atoms. The van der Waals surface area contributed by atoms with E-state index in [-0.39, 0.29) is 0 Å². The maximum atomic E-state index is 5.34. The Morgan fingerprint density at radius 3 is 1.92 bits per heavy atom. The second-order valence-electron chi connectivity index (χ2n) is 2.46. The van der Waals surface area contributed by atoms with E-state index in [4.69, 9.17) is 7.85 Å². The molecule has 0 aromatic rings. The van der Waals surface area contributed by atoms with Gasteiger partial charge in [-0.25, -0.2) is 0 Å². The van der Waals surface area contributed by atoms with Gasteiger partial charge in [0.15, 0.2) is 0 Å². The Labute approximate surface area is 76.1 Å². The predicted molar refractivity (Wildman–Crippen MR) is 57.1 cm³/mol. The number of rotatable bonds is 4. The normalized spacial score (nSPS) is 10.8. The van der Waals surface area contributed by atoms with Crippen LogP contribution >= 0.6 is 0 Å². The van der Waals surface area contributed by atoms with Gasteiger partial charge >= 0.3 is 0 Å². The molecule has 1 heteroatoms. The van der Waals surface area contributed by atoms with Gasteiger partial charge in [0.25, 0.3) is 0 Å². The lowest BCUT2D eigenvalue weighted by molar-refractivity contribution is 1.57. The molecule has 0 rings (SSSR count). The van der Waals surface area contributed by atoms with Crippen molar-refractivity contribution < 1.29 is 0 Å². The quantitative estimate of drug-likeness (QED) is 0.433. The minimum atomic E-state index is 0.518. The fraction of sp³-hybridized carbons (Fsp3) is 0.0909. The van der Waals surface area contributed by atoms with Gasteiger partial charge in [0.1, 0.15) is 7.85 Å². The van der Waals surface area contributed by atoms with Gasteiger partial charge in [-0.2, -0.15) is 0 Å². The van der Waals surface area contributed by atoms with Crippen molar-refractivity contribution in [3.63, 3.8) is 0 Å². The zero-order chi connectivity index (χ0) is 9.56. The Kier molecular flexibility index (Phi) is 4.86. The smallest absolute Gasteiger partial charge is 0.106 e. The van der Waals surface area contributed by atoms with Gasteiger partial charge in [-0.05, 0) is 18.1 Å². The van der Waals surface area contributed by atoms with Crippen LogP contribution in [0.2, 0.25) is 0 Å². The zero-order valence-electron chi connectivity index (χ0n) is 7.51. The highest BCUT2D eigenvalue weighted by Crippen LogP contribution is 2.08. The highest BCUT2D eigenvalue weighted by molar-refractivity contribution is 6.23. The molecule has 0 fully saturated rings. The van der Waals surface area contributed by atoms with E-state index in [2.05, 4.69) is 19.7 Å². The van der Waals surface area contributed by atoms with Crippen LogP contribution in [-0.2, 0) is 0 Å². The van der Waals surface area contributed by atoms with Crippen LogP contribution in [0.1, 0.15) is 6.92 Å². The summed E-state index contributed by atoms with van der Waals surface area (Å²) in [6.07, 6.45) is 7.31. The molecule has 0 nitrogen and oxygen atoms in total. The fourth-order valence-corrected chi connectivity index (χ4v) is 0.623. The number of hydrogen-bond donors (Lipinski definition) is 0. The van der Waals surface area contributed by atoms with Crippen LogP contribution in [-0.4, -0.2) is 7.85 Å². The molecule has 0 saturated heterocycles. The molecule has 0 aromatic heterocycles. The summed E-state index contributed by atoms with van der Waals surface area (Å²) in [5.41, 5.74) is 2.25. The van der Waals surface area contributed by atoms with Crippen LogP contribution in [0.15, 0.2) is 60.7 Å². The first kappa shape index (κ1) is 10.8. The lowest BCUT2D eigenvalue weighted by Gasteiger charge is -1.97. The van der Waals surface area contributed by atoms with Crippen LogP contribution in [0.3, 0.4) is 0 Å². The maximum absolute atomic E-state index is 5.34. The zero-order valence-corrected chi connectivity index (χ0v) is 7.51. The molecule has 0 saturated carbocycles. The summed E-state index contributed by atoms with van der Waals surface area (Å²) in [5.74, 6) is 0. The van der Waals surface area contributed by atoms with E-state index in [9.17, 15) is 0 Å². The van der Waals surface area contributed by atoms with Crippen LogP contribution in [0.5, 0.6) is 0 Å². The third kappa shape index (κ3) is 4.56. The van der Waals surface area contributed by atoms with E-state index in [1.165, 1.54) is 0 Å². The fourth-order valence-electron chi connectivity index (χ4n) is 0.623. The highest BCUT2D eigenvalue weighted by Gasteiger charge is 1.89. The molecule has 0 aromatic carbocycles. The van der Waals surface area contributed by atoms with Crippen molar-refractivity contribution in [1.29, 1.82) is 0 Å². The molecular weight excluding hydrogens is 143 g/mol. The van der Waals surface area contributed by atoms with E-state index in [1.54, 1.807) is 12.2 Å². The van der Waals surface area contributed by atoms with Crippen molar-refractivity contribution in [2.75, 3.05) is 0 Å². The molecule has 60 valence electrons. The van der Waals surface area contributed by atoms with Gasteiger partial charge < -0.3 is 0 Å². The predicted octanol–water partition coefficient (Wildman–Crippen LogP) is 2.91. The third-order valence-corrected chi connectivity index (χ3v) is 1.28. The summed E-state index contributed by atoms with van der Waals surface area (Å²) in [4.78, 5) is 0. The van der Waals surface area contributed by atoms with Crippen LogP contribution in [0.4, 0.5) is 0 Å². The van der Waals surface area contributed by atoms with E-state index in [0.717, 1.165) is 11.1 Å². The van der Waals surface area contributed by atoms with Crippen LogP contribution in [0, 0.1) is 0 Å². The molecule has 2 radical (unpaired) electrons. The lowest BCUT2D eigenvalue weighted by Crippen LogP contribution is -1.78. The van der Waals surface area contributed by atoms with Crippen molar-refractivity contribution in [1.82, 2.24) is 0 Å². The van der Waals surface area contributed by atoms with Crippen molar-refractivity contribution in [3.8, 4) is 0 Å². The largest absolute Gasteiger partial charge is 0.112 e. The Morgan fingerprint density at radius 2 is 1.50 bits per heavy atom. The highest BCUT2D eigenvalue weighted by atomic mass is 13.9. The first-order valence-corrected chi connectivity index (χ1v) is 3.71. The Hall–Kier alpha value is -1.24. The van der Waals surface area contributed by atoms with Gasteiger partial charge in [-0.1, -0.05) is 37.5 Å². The summed E-state index contributed by atoms with van der Waals surface area (Å²) in [7, 11) is 5.34. The minimum Gasteiger partial charge on any atom is -0.106 e. The third-order valence-electron chi connectivity index (χ3n) is 1.28. The SMILES string of the molecule is [B]C(=C)/C=C\C(=C)C(=C)/C=C\C. The van der Waals surface area contributed by atoms with E-state index in [1.807, 2.05) is 19.1 Å². The topological polar surface area (TPSA) is 0 Å². The minimum absolute atomic E-state index is 0.518. The molecule has 0 amide bonds. The van der Waals surface area contributed by atoms with Crippen molar-refractivity contribution >= 4 is 7.85 Å². The molecule has 0 aliphatic rings. The van der Waals surface area contributed by atoms with Gasteiger partial charge in [-0.3, -0.25) is 0 Å². The molecule has 0 bridgehead atoms. The van der Waals surface area contributed by atoms with Gasteiger partial charge in [0.05, 0.1) is 0 Å². The average molecular weight is 156 g/mol. The second-order valence-corrected chi connectivity index (χ2v) is 2.46. The molecule has 0 aliphatic heterocycles. The summed E-state index contributed by atoms with van der Waals surface area (Å²) < 4.78 is 0. The van der Waals surface area contributed by atoms with Crippen molar-refractivity contribution in [2.24, 2.45) is 0 Å². The molecule has 0 heterocycles. The van der Waals surface area contributed by atoms with E-state index >= 15 is 0 Å². The van der Waals surface area contributed by atoms with Gasteiger partial charge in [0.2, 0.25) is 0 Å². The van der Waals surface area contributed by atoms with Crippen molar-refractivity contribution in [2.45, 2.75) is 6.92 Å². The number of allylic oxidation sites excluding steroid dienone is 7. The molecule has 0 unspecified atom stereocenters. The second kappa shape index (κ2) is 5.42. The molecule has 0 aliphatic carbocycles. The summed E-state index contributed by atoms with van der Waals surface area (Å²) >= 11 is 0. The van der Waals surface area contributed by atoms with Gasteiger partial charge in [0, 0.05) is 0 Å². The molecule has 0 atom stereocenters. The molecular formula is C11H13B. The summed E-state index contributed by atoms with van der Waals surface area (Å²) in [6.45, 7) is 13.1. The average Bonchev–Trinajstić information content (AvgIpc) is 2.00. The molecule has 0 N–H and O–H groups in total.